The van der Waals surface area contributed by atoms with Gasteiger partial charge in [-0.3, -0.25) is 0 Å². The smallest absolute Gasteiger partial charge is 0.280 e. The first-order valence-electron chi connectivity index (χ1n) is 3.98. The molecule has 0 atom stereocenters. The zero-order valence-electron chi connectivity index (χ0n) is 7.85. The Balaban J connectivity index is 3.24. The van der Waals surface area contributed by atoms with Crippen molar-refractivity contribution < 1.29 is 13.5 Å². The van der Waals surface area contributed by atoms with E-state index in [2.05, 4.69) is 4.98 Å². The zero-order valence-corrected chi connectivity index (χ0v) is 8.61. The average molecular weight is 222 g/mol. The van der Waals surface area contributed by atoms with Gasteiger partial charge in [0.05, 0.1) is 18.7 Å². The molecule has 0 N–H and O–H groups in total. The van der Waals surface area contributed by atoms with Gasteiger partial charge in [-0.2, -0.15) is 0 Å². The highest BCUT2D eigenvalue weighted by Crippen LogP contribution is 2.27. The Hall–Kier alpha value is -0.900. The monoisotopic (exact) mass is 221 g/mol. The fourth-order valence-corrected chi connectivity index (χ4v) is 1.42. The van der Waals surface area contributed by atoms with E-state index in [9.17, 15) is 8.78 Å². The van der Waals surface area contributed by atoms with Crippen molar-refractivity contribution in [3.05, 3.63) is 23.0 Å². The number of halogens is 3. The van der Waals surface area contributed by atoms with Gasteiger partial charge >= 0.3 is 0 Å². The molecule has 0 saturated heterocycles. The van der Waals surface area contributed by atoms with Gasteiger partial charge in [0.2, 0.25) is 0 Å². The molecule has 0 bridgehead atoms. The quantitative estimate of drug-likeness (QED) is 0.732. The van der Waals surface area contributed by atoms with Crippen molar-refractivity contribution >= 4 is 11.6 Å². The lowest BCUT2D eigenvalue weighted by Gasteiger charge is -2.10. The number of aryl methyl sites for hydroxylation is 1. The number of methoxy groups -OCH3 is 1. The van der Waals surface area contributed by atoms with Crippen LogP contribution in [0.15, 0.2) is 6.07 Å². The van der Waals surface area contributed by atoms with Gasteiger partial charge in [0.25, 0.3) is 6.43 Å². The van der Waals surface area contributed by atoms with Gasteiger partial charge in [0.15, 0.2) is 0 Å². The summed E-state index contributed by atoms with van der Waals surface area (Å²) >= 11 is 5.57. The van der Waals surface area contributed by atoms with Crippen LogP contribution < -0.4 is 4.74 Å². The van der Waals surface area contributed by atoms with Crippen molar-refractivity contribution in [3.63, 3.8) is 0 Å². The van der Waals surface area contributed by atoms with E-state index in [0.29, 0.717) is 17.0 Å². The molecule has 0 aliphatic rings. The van der Waals surface area contributed by atoms with E-state index in [1.54, 1.807) is 6.92 Å². The lowest BCUT2D eigenvalue weighted by Crippen LogP contribution is -2.01. The predicted molar refractivity (Wildman–Crippen MR) is 50.0 cm³/mol. The molecular formula is C9H10ClF2NO. The number of aromatic nitrogens is 1. The summed E-state index contributed by atoms with van der Waals surface area (Å²) in [6, 6.07) is 1.31. The molecule has 0 fully saturated rings. The van der Waals surface area contributed by atoms with Crippen molar-refractivity contribution in [2.75, 3.05) is 7.11 Å². The molecule has 1 aromatic heterocycles. The lowest BCUT2D eigenvalue weighted by atomic mass is 10.2. The largest absolute Gasteiger partial charge is 0.495 e. The second kappa shape index (κ2) is 4.55. The van der Waals surface area contributed by atoms with Crippen LogP contribution in [-0.2, 0) is 5.88 Å². The molecule has 0 spiro atoms. The van der Waals surface area contributed by atoms with Crippen LogP contribution in [0.3, 0.4) is 0 Å². The minimum Gasteiger partial charge on any atom is -0.495 e. The molecule has 0 aliphatic heterocycles. The minimum absolute atomic E-state index is 0.0601. The molecule has 0 radical (unpaired) electrons. The van der Waals surface area contributed by atoms with Gasteiger partial charge < -0.3 is 4.74 Å². The Morgan fingerprint density at radius 1 is 1.57 bits per heavy atom. The number of pyridine rings is 1. The van der Waals surface area contributed by atoms with Crippen LogP contribution >= 0.6 is 11.6 Å². The normalized spacial score (nSPS) is 10.7. The number of hydrogen-bond acceptors (Lipinski definition) is 2. The molecule has 78 valence electrons. The number of rotatable bonds is 3. The fourth-order valence-electron chi connectivity index (χ4n) is 1.24. The second-order valence-corrected chi connectivity index (χ2v) is 3.05. The zero-order chi connectivity index (χ0) is 10.7. The van der Waals surface area contributed by atoms with Crippen LogP contribution in [0.5, 0.6) is 5.75 Å². The van der Waals surface area contributed by atoms with E-state index < -0.39 is 6.43 Å². The summed E-state index contributed by atoms with van der Waals surface area (Å²) in [6.07, 6.45) is -2.58. The Morgan fingerprint density at radius 2 is 2.21 bits per heavy atom. The SMILES string of the molecule is COc1c(C)cc(C(F)F)nc1CCl. The fraction of sp³-hybridized carbons (Fsp3) is 0.444. The Labute approximate surface area is 85.9 Å². The van der Waals surface area contributed by atoms with Crippen LogP contribution in [0.4, 0.5) is 8.78 Å². The molecular weight excluding hydrogens is 212 g/mol. The van der Waals surface area contributed by atoms with Gasteiger partial charge in [-0.1, -0.05) is 0 Å². The van der Waals surface area contributed by atoms with Crippen LogP contribution in [0.25, 0.3) is 0 Å². The molecule has 0 unspecified atom stereocenters. The molecule has 2 nitrogen and oxygen atoms in total. The van der Waals surface area contributed by atoms with E-state index in [0.717, 1.165) is 0 Å². The maximum Gasteiger partial charge on any atom is 0.280 e. The first-order valence-corrected chi connectivity index (χ1v) is 4.52. The Kier molecular flexibility index (Phi) is 3.63. The molecule has 5 heteroatoms. The molecule has 1 heterocycles. The number of ether oxygens (including phenoxy) is 1. The van der Waals surface area contributed by atoms with Gasteiger partial charge in [0.1, 0.15) is 11.4 Å². The summed E-state index contributed by atoms with van der Waals surface area (Å²) in [6.45, 7) is 1.68. The van der Waals surface area contributed by atoms with Crippen LogP contribution in [0, 0.1) is 6.92 Å². The molecule has 0 saturated carbocycles. The first kappa shape index (κ1) is 11.2. The summed E-state index contributed by atoms with van der Waals surface area (Å²) < 4.78 is 29.7. The van der Waals surface area contributed by atoms with Gasteiger partial charge in [0, 0.05) is 0 Å². The molecule has 0 aromatic carbocycles. The lowest BCUT2D eigenvalue weighted by molar-refractivity contribution is 0.145. The number of hydrogen-bond donors (Lipinski definition) is 0. The summed E-state index contributed by atoms with van der Waals surface area (Å²) in [5, 5.41) is 0. The van der Waals surface area contributed by atoms with E-state index in [4.69, 9.17) is 16.3 Å². The highest BCUT2D eigenvalue weighted by molar-refractivity contribution is 6.17. The van der Waals surface area contributed by atoms with Crippen molar-refractivity contribution in [1.82, 2.24) is 4.98 Å². The van der Waals surface area contributed by atoms with Gasteiger partial charge in [-0.05, 0) is 18.6 Å². The van der Waals surface area contributed by atoms with Crippen molar-refractivity contribution in [3.8, 4) is 5.75 Å². The van der Waals surface area contributed by atoms with E-state index >= 15 is 0 Å². The summed E-state index contributed by atoms with van der Waals surface area (Å²) in [5.41, 5.74) is 0.705. The van der Waals surface area contributed by atoms with Crippen molar-refractivity contribution in [1.29, 1.82) is 0 Å². The van der Waals surface area contributed by atoms with Crippen LogP contribution in [0.2, 0.25) is 0 Å². The highest BCUT2D eigenvalue weighted by Gasteiger charge is 2.15. The third-order valence-corrected chi connectivity index (χ3v) is 2.06. The maximum atomic E-state index is 12.4. The molecule has 14 heavy (non-hydrogen) atoms. The van der Waals surface area contributed by atoms with E-state index in [1.165, 1.54) is 13.2 Å². The molecule has 0 aliphatic carbocycles. The first-order chi connectivity index (χ1) is 6.60. The van der Waals surface area contributed by atoms with Crippen molar-refractivity contribution in [2.45, 2.75) is 19.2 Å². The topological polar surface area (TPSA) is 22.1 Å². The highest BCUT2D eigenvalue weighted by atomic mass is 35.5. The van der Waals surface area contributed by atoms with Gasteiger partial charge in [-0.25, -0.2) is 13.8 Å². The van der Waals surface area contributed by atoms with E-state index in [1.807, 2.05) is 0 Å². The summed E-state index contributed by atoms with van der Waals surface area (Å²) in [4.78, 5) is 3.72. The number of alkyl halides is 3. The Bertz CT molecular complexity index is 331. The maximum absolute atomic E-state index is 12.4. The van der Waals surface area contributed by atoms with Crippen molar-refractivity contribution in [2.24, 2.45) is 0 Å². The third kappa shape index (κ3) is 2.12. The standard InChI is InChI=1S/C9H10ClF2NO/c1-5-3-6(9(11)12)13-7(4-10)8(5)14-2/h3,9H,4H2,1-2H3. The Morgan fingerprint density at radius 3 is 2.64 bits per heavy atom. The molecule has 1 rings (SSSR count). The predicted octanol–water partition coefficient (Wildman–Crippen LogP) is 3.08. The van der Waals surface area contributed by atoms with Crippen LogP contribution in [0.1, 0.15) is 23.4 Å². The third-order valence-electron chi connectivity index (χ3n) is 1.80. The molecule has 1 aromatic rings. The average Bonchev–Trinajstić information content (AvgIpc) is 2.16. The summed E-state index contributed by atoms with van der Waals surface area (Å²) in [5.74, 6) is 0.536. The minimum atomic E-state index is -2.58. The number of nitrogens with zero attached hydrogens (tertiary/aromatic N) is 1. The van der Waals surface area contributed by atoms with Gasteiger partial charge in [-0.15, -0.1) is 11.6 Å². The van der Waals surface area contributed by atoms with Crippen LogP contribution in [-0.4, -0.2) is 12.1 Å². The second-order valence-electron chi connectivity index (χ2n) is 2.78. The van der Waals surface area contributed by atoms with E-state index in [-0.39, 0.29) is 11.6 Å². The summed E-state index contributed by atoms with van der Waals surface area (Å²) in [7, 11) is 1.46. The molecule has 0 amide bonds.